The number of nitrogens with two attached hydrogens (primary N) is 1. The zero-order chi connectivity index (χ0) is 12.5. The smallest absolute Gasteiger partial charge is 0.324 e. The van der Waals surface area contributed by atoms with Gasteiger partial charge in [0.2, 0.25) is 0 Å². The summed E-state index contributed by atoms with van der Waals surface area (Å²) in [6, 6.07) is 7.51. The lowest BCUT2D eigenvalue weighted by Crippen LogP contribution is -2.20. The predicted octanol–water partition coefficient (Wildman–Crippen LogP) is 3.19. The first-order valence-electron chi connectivity index (χ1n) is 5.13. The van der Waals surface area contributed by atoms with E-state index < -0.39 is 18.6 Å². The summed E-state index contributed by atoms with van der Waals surface area (Å²) in [5.41, 5.74) is 6.73. The van der Waals surface area contributed by atoms with Crippen LogP contribution in [0.15, 0.2) is 36.5 Å². The average molecular weight is 240 g/mol. The van der Waals surface area contributed by atoms with Crippen molar-refractivity contribution in [2.24, 2.45) is 5.73 Å². The third kappa shape index (κ3) is 2.74. The largest absolute Gasteiger partial charge is 0.390 e. The van der Waals surface area contributed by atoms with Crippen molar-refractivity contribution in [1.82, 2.24) is 4.98 Å². The van der Waals surface area contributed by atoms with Crippen LogP contribution in [-0.4, -0.2) is 11.2 Å². The Balaban J connectivity index is 2.41. The maximum Gasteiger partial charge on any atom is 0.390 e. The molecule has 1 aromatic carbocycles. The van der Waals surface area contributed by atoms with Gasteiger partial charge in [0, 0.05) is 17.6 Å². The fourth-order valence-electron chi connectivity index (χ4n) is 1.80. The number of alkyl halides is 3. The molecule has 0 aliphatic heterocycles. The van der Waals surface area contributed by atoms with Crippen LogP contribution < -0.4 is 5.73 Å². The van der Waals surface area contributed by atoms with Gasteiger partial charge in [-0.15, -0.1) is 0 Å². The van der Waals surface area contributed by atoms with Gasteiger partial charge in [-0.2, -0.15) is 13.2 Å². The van der Waals surface area contributed by atoms with Crippen molar-refractivity contribution >= 4 is 10.9 Å². The first kappa shape index (κ1) is 11.9. The monoisotopic (exact) mass is 240 g/mol. The van der Waals surface area contributed by atoms with Crippen molar-refractivity contribution in [1.29, 1.82) is 0 Å². The van der Waals surface area contributed by atoms with Crippen LogP contribution in [0.3, 0.4) is 0 Å². The molecule has 0 saturated carbocycles. The molecule has 1 atom stereocenters. The molecule has 0 unspecified atom stereocenters. The molecule has 0 bridgehead atoms. The summed E-state index contributed by atoms with van der Waals surface area (Å²) in [4.78, 5) is 4.08. The Morgan fingerprint density at radius 3 is 2.59 bits per heavy atom. The molecular weight excluding hydrogens is 229 g/mol. The quantitative estimate of drug-likeness (QED) is 0.875. The summed E-state index contributed by atoms with van der Waals surface area (Å²) in [7, 11) is 0. The molecule has 0 aliphatic rings. The Labute approximate surface area is 96.3 Å². The highest BCUT2D eigenvalue weighted by Crippen LogP contribution is 2.30. The number of nitrogens with zero attached hydrogens (tertiary/aromatic N) is 1. The van der Waals surface area contributed by atoms with Gasteiger partial charge in [0.1, 0.15) is 0 Å². The molecule has 5 heteroatoms. The van der Waals surface area contributed by atoms with E-state index in [2.05, 4.69) is 4.98 Å². The number of hydrogen-bond acceptors (Lipinski definition) is 2. The highest BCUT2D eigenvalue weighted by molar-refractivity contribution is 5.82. The third-order valence-electron chi connectivity index (χ3n) is 2.53. The van der Waals surface area contributed by atoms with Crippen LogP contribution >= 0.6 is 0 Å². The zero-order valence-electron chi connectivity index (χ0n) is 8.91. The van der Waals surface area contributed by atoms with E-state index >= 15 is 0 Å². The van der Waals surface area contributed by atoms with Crippen LogP contribution in [0.2, 0.25) is 0 Å². The van der Waals surface area contributed by atoms with Crippen LogP contribution in [0.1, 0.15) is 18.0 Å². The van der Waals surface area contributed by atoms with Crippen LogP contribution in [0.5, 0.6) is 0 Å². The summed E-state index contributed by atoms with van der Waals surface area (Å²) in [5, 5.41) is 0.673. The maximum absolute atomic E-state index is 12.3. The van der Waals surface area contributed by atoms with Gasteiger partial charge < -0.3 is 5.73 Å². The Kier molecular flexibility index (Phi) is 3.02. The molecule has 17 heavy (non-hydrogen) atoms. The Hall–Kier alpha value is -1.62. The summed E-state index contributed by atoms with van der Waals surface area (Å²) < 4.78 is 36.9. The number of aromatic nitrogens is 1. The summed E-state index contributed by atoms with van der Waals surface area (Å²) in [6.07, 6.45) is -3.81. The van der Waals surface area contributed by atoms with Crippen molar-refractivity contribution in [3.8, 4) is 0 Å². The molecule has 0 aliphatic carbocycles. The third-order valence-corrected chi connectivity index (χ3v) is 2.53. The van der Waals surface area contributed by atoms with Gasteiger partial charge in [0.25, 0.3) is 0 Å². The minimum Gasteiger partial charge on any atom is -0.324 e. The second-order valence-corrected chi connectivity index (χ2v) is 3.84. The van der Waals surface area contributed by atoms with E-state index in [1.54, 1.807) is 30.3 Å². The predicted molar refractivity (Wildman–Crippen MR) is 59.3 cm³/mol. The molecule has 0 spiro atoms. The van der Waals surface area contributed by atoms with Crippen molar-refractivity contribution in [2.45, 2.75) is 18.6 Å². The minimum absolute atomic E-state index is 0.480. The van der Waals surface area contributed by atoms with Crippen molar-refractivity contribution in [3.63, 3.8) is 0 Å². The van der Waals surface area contributed by atoms with Crippen molar-refractivity contribution in [3.05, 3.63) is 42.1 Å². The van der Waals surface area contributed by atoms with Gasteiger partial charge in [-0.05, 0) is 17.7 Å². The lowest BCUT2D eigenvalue weighted by molar-refractivity contribution is -0.138. The fourth-order valence-corrected chi connectivity index (χ4v) is 1.80. The number of benzene rings is 1. The minimum atomic E-state index is -4.26. The van der Waals surface area contributed by atoms with Crippen LogP contribution in [-0.2, 0) is 0 Å². The Bertz CT molecular complexity index is 517. The SMILES string of the molecule is N[C@@H](CC(F)(F)F)c1ccnc2ccccc12. The summed E-state index contributed by atoms with van der Waals surface area (Å²) in [5.74, 6) is 0. The van der Waals surface area contributed by atoms with E-state index in [9.17, 15) is 13.2 Å². The topological polar surface area (TPSA) is 38.9 Å². The van der Waals surface area contributed by atoms with Gasteiger partial charge in [-0.25, -0.2) is 0 Å². The van der Waals surface area contributed by atoms with E-state index in [1.807, 2.05) is 0 Å². The van der Waals surface area contributed by atoms with E-state index in [0.717, 1.165) is 0 Å². The van der Waals surface area contributed by atoms with Gasteiger partial charge in [0.05, 0.1) is 11.9 Å². The van der Waals surface area contributed by atoms with Crippen LogP contribution in [0.25, 0.3) is 10.9 Å². The molecule has 1 aromatic heterocycles. The molecule has 0 amide bonds. The normalized spacial score (nSPS) is 13.9. The fraction of sp³-hybridized carbons (Fsp3) is 0.250. The molecule has 0 fully saturated rings. The molecule has 0 radical (unpaired) electrons. The molecular formula is C12H11F3N2. The maximum atomic E-state index is 12.3. The van der Waals surface area contributed by atoms with E-state index in [0.29, 0.717) is 16.5 Å². The number of para-hydroxylation sites is 1. The van der Waals surface area contributed by atoms with Gasteiger partial charge in [-0.1, -0.05) is 18.2 Å². The van der Waals surface area contributed by atoms with Crippen molar-refractivity contribution in [2.75, 3.05) is 0 Å². The average Bonchev–Trinajstić information content (AvgIpc) is 2.26. The molecule has 2 nitrogen and oxygen atoms in total. The van der Waals surface area contributed by atoms with Crippen LogP contribution in [0.4, 0.5) is 13.2 Å². The van der Waals surface area contributed by atoms with Gasteiger partial charge in [-0.3, -0.25) is 4.98 Å². The lowest BCUT2D eigenvalue weighted by atomic mass is 10.0. The molecule has 2 rings (SSSR count). The Morgan fingerprint density at radius 2 is 1.88 bits per heavy atom. The summed E-state index contributed by atoms with van der Waals surface area (Å²) in [6.45, 7) is 0. The highest BCUT2D eigenvalue weighted by atomic mass is 19.4. The van der Waals surface area contributed by atoms with Crippen molar-refractivity contribution < 1.29 is 13.2 Å². The number of hydrogen-bond donors (Lipinski definition) is 1. The number of rotatable bonds is 2. The van der Waals surface area contributed by atoms with E-state index in [-0.39, 0.29) is 0 Å². The highest BCUT2D eigenvalue weighted by Gasteiger charge is 2.31. The number of pyridine rings is 1. The second kappa shape index (κ2) is 4.33. The standard InChI is InChI=1S/C12H11F3N2/c13-12(14,15)7-10(16)8-5-6-17-11-4-2-1-3-9(8)11/h1-6,10H,7,16H2/t10-/m0/s1. The first-order chi connectivity index (χ1) is 7.97. The first-order valence-corrected chi connectivity index (χ1v) is 5.13. The molecule has 2 N–H and O–H groups in total. The molecule has 2 aromatic rings. The number of fused-ring (bicyclic) bond motifs is 1. The number of halogens is 3. The van der Waals surface area contributed by atoms with E-state index in [4.69, 9.17) is 5.73 Å². The molecule has 1 heterocycles. The lowest BCUT2D eigenvalue weighted by Gasteiger charge is -2.16. The van der Waals surface area contributed by atoms with Crippen LogP contribution in [0, 0.1) is 0 Å². The summed E-state index contributed by atoms with van der Waals surface area (Å²) >= 11 is 0. The molecule has 90 valence electrons. The second-order valence-electron chi connectivity index (χ2n) is 3.84. The zero-order valence-corrected chi connectivity index (χ0v) is 8.91. The Morgan fingerprint density at radius 1 is 1.18 bits per heavy atom. The van der Waals surface area contributed by atoms with E-state index in [1.165, 1.54) is 6.20 Å². The van der Waals surface area contributed by atoms with Gasteiger partial charge in [0.15, 0.2) is 0 Å². The molecule has 0 saturated heterocycles. The van der Waals surface area contributed by atoms with Gasteiger partial charge >= 0.3 is 6.18 Å².